The van der Waals surface area contributed by atoms with Crippen LogP contribution in [-0.4, -0.2) is 31.1 Å². The van der Waals surface area contributed by atoms with Gasteiger partial charge < -0.3 is 5.32 Å². The van der Waals surface area contributed by atoms with Gasteiger partial charge in [-0.25, -0.2) is 0 Å². The summed E-state index contributed by atoms with van der Waals surface area (Å²) in [4.78, 5) is 2.65. The third kappa shape index (κ3) is 4.05. The Bertz CT molecular complexity index is 363. The highest BCUT2D eigenvalue weighted by Crippen LogP contribution is 2.28. The maximum absolute atomic E-state index is 3.45. The van der Waals surface area contributed by atoms with E-state index in [1.165, 1.54) is 30.6 Å². The van der Waals surface area contributed by atoms with Gasteiger partial charge in [0, 0.05) is 32.2 Å². The van der Waals surface area contributed by atoms with Gasteiger partial charge >= 0.3 is 0 Å². The monoisotopic (exact) mass is 260 g/mol. The summed E-state index contributed by atoms with van der Waals surface area (Å²) in [6.07, 6.45) is 2.38. The number of benzene rings is 1. The number of hydrogen-bond acceptors (Lipinski definition) is 2. The van der Waals surface area contributed by atoms with E-state index in [-0.39, 0.29) is 0 Å². The van der Waals surface area contributed by atoms with Crippen LogP contribution in [0.3, 0.4) is 0 Å². The van der Waals surface area contributed by atoms with E-state index in [0.29, 0.717) is 6.04 Å². The van der Waals surface area contributed by atoms with E-state index in [2.05, 4.69) is 55.3 Å². The average molecular weight is 260 g/mol. The van der Waals surface area contributed by atoms with E-state index in [9.17, 15) is 0 Å². The Morgan fingerprint density at radius 3 is 2.26 bits per heavy atom. The third-order valence-corrected chi connectivity index (χ3v) is 4.06. The summed E-state index contributed by atoms with van der Waals surface area (Å²) in [6.45, 7) is 11.5. The Balaban J connectivity index is 2.14. The van der Waals surface area contributed by atoms with Crippen LogP contribution in [0.15, 0.2) is 24.3 Å². The average Bonchev–Trinajstić information content (AvgIpc) is 2.46. The molecule has 1 unspecified atom stereocenters. The van der Waals surface area contributed by atoms with Crippen LogP contribution >= 0.6 is 0 Å². The molecule has 0 saturated carbocycles. The largest absolute Gasteiger partial charge is 0.314 e. The molecular weight excluding hydrogens is 232 g/mol. The van der Waals surface area contributed by atoms with Gasteiger partial charge in [0.2, 0.25) is 0 Å². The van der Waals surface area contributed by atoms with Crippen molar-refractivity contribution in [1.82, 2.24) is 10.2 Å². The molecular formula is C17H28N2. The number of piperazine rings is 1. The highest BCUT2D eigenvalue weighted by Gasteiger charge is 2.22. The van der Waals surface area contributed by atoms with Gasteiger partial charge in [-0.1, -0.05) is 45.0 Å². The van der Waals surface area contributed by atoms with Crippen LogP contribution in [0.25, 0.3) is 0 Å². The molecule has 2 heteroatoms. The molecule has 0 aliphatic carbocycles. The Hall–Kier alpha value is -0.860. The normalized spacial score (nSPS) is 18.7. The van der Waals surface area contributed by atoms with Crippen molar-refractivity contribution >= 4 is 0 Å². The maximum Gasteiger partial charge on any atom is 0.0351 e. The fourth-order valence-electron chi connectivity index (χ4n) is 2.91. The molecule has 2 nitrogen and oxygen atoms in total. The number of hydrogen-bond donors (Lipinski definition) is 1. The van der Waals surface area contributed by atoms with Gasteiger partial charge in [0.05, 0.1) is 0 Å². The van der Waals surface area contributed by atoms with Gasteiger partial charge in [-0.15, -0.1) is 0 Å². The second kappa shape index (κ2) is 7.06. The van der Waals surface area contributed by atoms with Crippen molar-refractivity contribution in [3.63, 3.8) is 0 Å². The summed E-state index contributed by atoms with van der Waals surface area (Å²) in [5.74, 6) is 0.741. The number of rotatable bonds is 5. The van der Waals surface area contributed by atoms with Crippen LogP contribution in [0.2, 0.25) is 0 Å². The molecule has 1 aromatic rings. The third-order valence-electron chi connectivity index (χ3n) is 4.06. The molecule has 0 spiro atoms. The number of nitrogens with one attached hydrogen (secondary N) is 1. The van der Waals surface area contributed by atoms with Crippen molar-refractivity contribution in [3.05, 3.63) is 35.4 Å². The molecule has 1 aliphatic heterocycles. The molecule has 106 valence electrons. The molecule has 1 aliphatic rings. The van der Waals surface area contributed by atoms with E-state index in [1.54, 1.807) is 0 Å². The van der Waals surface area contributed by atoms with Crippen molar-refractivity contribution in [2.45, 2.75) is 39.7 Å². The van der Waals surface area contributed by atoms with E-state index in [4.69, 9.17) is 0 Å². The SMILES string of the molecule is CCc1ccc(C(CC(C)C)N2CCNCC2)cc1. The second-order valence-electron chi connectivity index (χ2n) is 6.03. The maximum atomic E-state index is 3.45. The minimum Gasteiger partial charge on any atom is -0.314 e. The lowest BCUT2D eigenvalue weighted by molar-refractivity contribution is 0.154. The molecule has 0 radical (unpaired) electrons. The summed E-state index contributed by atoms with van der Waals surface area (Å²) in [5, 5.41) is 3.45. The lowest BCUT2D eigenvalue weighted by Gasteiger charge is -2.36. The van der Waals surface area contributed by atoms with Gasteiger partial charge in [-0.2, -0.15) is 0 Å². The Morgan fingerprint density at radius 2 is 1.74 bits per heavy atom. The zero-order valence-corrected chi connectivity index (χ0v) is 12.7. The smallest absolute Gasteiger partial charge is 0.0351 e. The van der Waals surface area contributed by atoms with Gasteiger partial charge in [0.15, 0.2) is 0 Å². The first-order valence-corrected chi connectivity index (χ1v) is 7.74. The Kier molecular flexibility index (Phi) is 5.41. The highest BCUT2D eigenvalue weighted by molar-refractivity contribution is 5.25. The van der Waals surface area contributed by atoms with E-state index >= 15 is 0 Å². The number of aryl methyl sites for hydroxylation is 1. The van der Waals surface area contributed by atoms with Gasteiger partial charge in [0.1, 0.15) is 0 Å². The molecule has 1 aromatic carbocycles. The topological polar surface area (TPSA) is 15.3 Å². The molecule has 1 fully saturated rings. The first-order valence-electron chi connectivity index (χ1n) is 7.74. The lowest BCUT2D eigenvalue weighted by atomic mass is 9.94. The summed E-state index contributed by atoms with van der Waals surface area (Å²) in [6, 6.07) is 9.87. The molecule has 0 aromatic heterocycles. The number of nitrogens with zero attached hydrogens (tertiary/aromatic N) is 1. The predicted octanol–water partition coefficient (Wildman–Crippen LogP) is 3.24. The zero-order valence-electron chi connectivity index (χ0n) is 12.7. The van der Waals surface area contributed by atoms with Gasteiger partial charge in [-0.05, 0) is 29.9 Å². The minimum atomic E-state index is 0.591. The fraction of sp³-hybridized carbons (Fsp3) is 0.647. The van der Waals surface area contributed by atoms with Crippen molar-refractivity contribution in [2.75, 3.05) is 26.2 Å². The molecule has 19 heavy (non-hydrogen) atoms. The van der Waals surface area contributed by atoms with Crippen molar-refractivity contribution in [3.8, 4) is 0 Å². The summed E-state index contributed by atoms with van der Waals surface area (Å²) in [7, 11) is 0. The molecule has 0 bridgehead atoms. The Labute approximate surface area is 118 Å². The predicted molar refractivity (Wildman–Crippen MR) is 82.5 cm³/mol. The first kappa shape index (κ1) is 14.5. The lowest BCUT2D eigenvalue weighted by Crippen LogP contribution is -2.45. The van der Waals surface area contributed by atoms with Crippen LogP contribution in [0.5, 0.6) is 0 Å². The van der Waals surface area contributed by atoms with E-state index in [1.807, 2.05) is 0 Å². The second-order valence-corrected chi connectivity index (χ2v) is 6.03. The van der Waals surface area contributed by atoms with Crippen LogP contribution in [-0.2, 0) is 6.42 Å². The molecule has 1 heterocycles. The fourth-order valence-corrected chi connectivity index (χ4v) is 2.91. The molecule has 2 rings (SSSR count). The Morgan fingerprint density at radius 1 is 1.11 bits per heavy atom. The zero-order chi connectivity index (χ0) is 13.7. The van der Waals surface area contributed by atoms with Crippen LogP contribution in [0, 0.1) is 5.92 Å². The van der Waals surface area contributed by atoms with E-state index < -0.39 is 0 Å². The van der Waals surface area contributed by atoms with Crippen LogP contribution < -0.4 is 5.32 Å². The molecule has 1 N–H and O–H groups in total. The molecule has 1 atom stereocenters. The summed E-state index contributed by atoms with van der Waals surface area (Å²) >= 11 is 0. The first-order chi connectivity index (χ1) is 9.20. The van der Waals surface area contributed by atoms with Crippen molar-refractivity contribution in [1.29, 1.82) is 0 Å². The van der Waals surface area contributed by atoms with Crippen molar-refractivity contribution < 1.29 is 0 Å². The van der Waals surface area contributed by atoms with E-state index in [0.717, 1.165) is 25.4 Å². The minimum absolute atomic E-state index is 0.591. The highest BCUT2D eigenvalue weighted by atomic mass is 15.2. The van der Waals surface area contributed by atoms with Gasteiger partial charge in [-0.3, -0.25) is 4.90 Å². The quantitative estimate of drug-likeness (QED) is 0.874. The molecule has 0 amide bonds. The van der Waals surface area contributed by atoms with Crippen LogP contribution in [0.4, 0.5) is 0 Å². The van der Waals surface area contributed by atoms with Crippen molar-refractivity contribution in [2.24, 2.45) is 5.92 Å². The molecule has 1 saturated heterocycles. The van der Waals surface area contributed by atoms with Crippen LogP contribution in [0.1, 0.15) is 44.4 Å². The standard InChI is InChI=1S/C17H28N2/c1-4-15-5-7-16(8-6-15)17(13-14(2)3)19-11-9-18-10-12-19/h5-8,14,17-18H,4,9-13H2,1-3H3. The summed E-state index contributed by atoms with van der Waals surface area (Å²) in [5.41, 5.74) is 2.93. The van der Waals surface area contributed by atoms with Gasteiger partial charge in [0.25, 0.3) is 0 Å². The summed E-state index contributed by atoms with van der Waals surface area (Å²) < 4.78 is 0.